The van der Waals surface area contributed by atoms with Crippen molar-refractivity contribution in [3.05, 3.63) is 63.6 Å². The van der Waals surface area contributed by atoms with Crippen LogP contribution < -0.4 is 15.4 Å². The fourth-order valence-electron chi connectivity index (χ4n) is 3.39. The van der Waals surface area contributed by atoms with Crippen LogP contribution in [0.2, 0.25) is 10.0 Å². The lowest BCUT2D eigenvalue weighted by molar-refractivity contribution is -0.144. The van der Waals surface area contributed by atoms with Gasteiger partial charge in [0.1, 0.15) is 25.2 Å². The minimum absolute atomic E-state index is 0.00806. The molecule has 11 heteroatoms. The molecule has 2 aromatic rings. The van der Waals surface area contributed by atoms with Crippen LogP contribution >= 0.6 is 23.2 Å². The third-order valence-electron chi connectivity index (χ3n) is 5.14. The Morgan fingerprint density at radius 1 is 1.00 bits per heavy atom. The fraction of sp³-hybridized carbons (Fsp3) is 0.375. The number of amides is 2. The lowest BCUT2D eigenvalue weighted by atomic mass is 10.0. The molecule has 1 fully saturated rings. The molecule has 1 unspecified atom stereocenters. The van der Waals surface area contributed by atoms with E-state index in [2.05, 4.69) is 10.6 Å². The van der Waals surface area contributed by atoms with Crippen molar-refractivity contribution < 1.29 is 33.7 Å². The molecule has 3 N–H and O–H groups in total. The maximum Gasteiger partial charge on any atom is 0.326 e. The van der Waals surface area contributed by atoms with Gasteiger partial charge >= 0.3 is 5.97 Å². The van der Waals surface area contributed by atoms with Crippen molar-refractivity contribution in [2.75, 3.05) is 6.79 Å². The second-order valence-electron chi connectivity index (χ2n) is 8.19. The molecule has 3 rings (SSSR count). The first-order valence-electron chi connectivity index (χ1n) is 10.9. The largest absolute Gasteiger partial charge is 0.489 e. The molecule has 2 aromatic carbocycles. The maximum atomic E-state index is 12.7. The van der Waals surface area contributed by atoms with E-state index in [0.29, 0.717) is 26.9 Å². The van der Waals surface area contributed by atoms with Gasteiger partial charge in [0, 0.05) is 28.1 Å². The van der Waals surface area contributed by atoms with Crippen LogP contribution in [0.1, 0.15) is 25.0 Å². The molecule has 1 heterocycles. The average Bonchev–Trinajstić information content (AvgIpc) is 3.29. The number of carbonyl (C=O) groups excluding carboxylic acids is 2. The zero-order chi connectivity index (χ0) is 25.5. The van der Waals surface area contributed by atoms with Crippen LogP contribution in [0.3, 0.4) is 0 Å². The van der Waals surface area contributed by atoms with Gasteiger partial charge in [0.25, 0.3) is 11.8 Å². The van der Waals surface area contributed by atoms with Crippen LogP contribution in [-0.2, 0) is 36.9 Å². The van der Waals surface area contributed by atoms with Crippen LogP contribution in [0.15, 0.2) is 42.5 Å². The number of nitrogens with one attached hydrogen (secondary N) is 2. The van der Waals surface area contributed by atoms with Gasteiger partial charge in [-0.3, -0.25) is 9.59 Å². The molecule has 188 valence electrons. The van der Waals surface area contributed by atoms with Crippen LogP contribution in [0.25, 0.3) is 0 Å². The highest BCUT2D eigenvalue weighted by Gasteiger charge is 2.41. The molecule has 3 atom stereocenters. The molecule has 0 spiro atoms. The number of carboxylic acid groups (broad SMARTS) is 1. The van der Waals surface area contributed by atoms with E-state index in [1.165, 1.54) is 0 Å². The third kappa shape index (κ3) is 7.32. The summed E-state index contributed by atoms with van der Waals surface area (Å²) >= 11 is 12.3. The Kier molecular flexibility index (Phi) is 9.33. The van der Waals surface area contributed by atoms with Crippen LogP contribution in [0.5, 0.6) is 5.75 Å². The van der Waals surface area contributed by atoms with E-state index < -0.39 is 36.0 Å². The summed E-state index contributed by atoms with van der Waals surface area (Å²) in [5, 5.41) is 15.7. The smallest absolute Gasteiger partial charge is 0.326 e. The molecule has 2 amide bonds. The predicted molar refractivity (Wildman–Crippen MR) is 128 cm³/mol. The molecule has 9 nitrogen and oxygen atoms in total. The van der Waals surface area contributed by atoms with Crippen LogP contribution in [-0.4, -0.2) is 54.0 Å². The number of hydrogen-bond donors (Lipinski definition) is 3. The monoisotopic (exact) mass is 524 g/mol. The van der Waals surface area contributed by atoms with E-state index in [4.69, 9.17) is 37.4 Å². The number of rotatable bonds is 10. The third-order valence-corrected chi connectivity index (χ3v) is 5.85. The molecule has 1 aliphatic heterocycles. The minimum atomic E-state index is -1.25. The van der Waals surface area contributed by atoms with Crippen molar-refractivity contribution >= 4 is 41.0 Å². The molecule has 35 heavy (non-hydrogen) atoms. The molecule has 0 saturated carbocycles. The van der Waals surface area contributed by atoms with Gasteiger partial charge in [0.15, 0.2) is 12.2 Å². The summed E-state index contributed by atoms with van der Waals surface area (Å²) in [5.74, 6) is -1.93. The summed E-state index contributed by atoms with van der Waals surface area (Å²) in [5.41, 5.74) is 1.31. The first-order valence-corrected chi connectivity index (χ1v) is 11.6. The zero-order valence-electron chi connectivity index (χ0n) is 19.1. The molecule has 0 bridgehead atoms. The zero-order valence-corrected chi connectivity index (χ0v) is 20.6. The molecular formula is C24H26Cl2N2O7. The number of carbonyl (C=O) groups is 3. The van der Waals surface area contributed by atoms with Crippen LogP contribution in [0, 0.1) is 0 Å². The van der Waals surface area contributed by atoms with E-state index >= 15 is 0 Å². The molecule has 1 saturated heterocycles. The van der Waals surface area contributed by atoms with Crippen molar-refractivity contribution in [1.82, 2.24) is 10.6 Å². The summed E-state index contributed by atoms with van der Waals surface area (Å²) in [6, 6.07) is 10.5. The molecule has 0 aliphatic carbocycles. The number of benzene rings is 2. The van der Waals surface area contributed by atoms with Gasteiger partial charge in [-0.2, -0.15) is 0 Å². The highest BCUT2D eigenvalue weighted by molar-refractivity contribution is 6.35. The van der Waals surface area contributed by atoms with E-state index in [-0.39, 0.29) is 25.9 Å². The Morgan fingerprint density at radius 3 is 2.11 bits per heavy atom. The maximum absolute atomic E-state index is 12.7. The number of hydrogen-bond acceptors (Lipinski definition) is 6. The Morgan fingerprint density at radius 2 is 1.57 bits per heavy atom. The summed E-state index contributed by atoms with van der Waals surface area (Å²) in [7, 11) is 0. The summed E-state index contributed by atoms with van der Waals surface area (Å²) in [6.45, 7) is 3.46. The van der Waals surface area contributed by atoms with Gasteiger partial charge in [-0.1, -0.05) is 41.4 Å². The van der Waals surface area contributed by atoms with Crippen molar-refractivity contribution in [3.63, 3.8) is 0 Å². The Balaban J connectivity index is 1.59. The lowest BCUT2D eigenvalue weighted by Crippen LogP contribution is -2.53. The molecule has 0 aromatic heterocycles. The van der Waals surface area contributed by atoms with Gasteiger partial charge in [-0.15, -0.1) is 0 Å². The fourth-order valence-corrected chi connectivity index (χ4v) is 3.90. The van der Waals surface area contributed by atoms with Gasteiger partial charge in [-0.05, 0) is 43.7 Å². The van der Waals surface area contributed by atoms with Gasteiger partial charge < -0.3 is 30.0 Å². The SMILES string of the molecule is CC(C)NC(=O)[C@@H]1OCO[C@H]1C(=O)NC(Cc1ccc(OCc2c(Cl)cccc2Cl)cc1)C(=O)O. The van der Waals surface area contributed by atoms with Crippen molar-refractivity contribution in [3.8, 4) is 5.75 Å². The second-order valence-corrected chi connectivity index (χ2v) is 9.01. The first kappa shape index (κ1) is 26.7. The van der Waals surface area contributed by atoms with Gasteiger partial charge in [-0.25, -0.2) is 4.79 Å². The van der Waals surface area contributed by atoms with E-state index in [9.17, 15) is 19.5 Å². The normalized spacial score (nSPS) is 18.2. The number of aliphatic carboxylic acids is 1. The Hall–Kier alpha value is -2.85. The molecule has 0 radical (unpaired) electrons. The first-order chi connectivity index (χ1) is 16.7. The Bertz CT molecular complexity index is 1040. The summed E-state index contributed by atoms with van der Waals surface area (Å²) in [6.07, 6.45) is -2.40. The highest BCUT2D eigenvalue weighted by Crippen LogP contribution is 2.26. The topological polar surface area (TPSA) is 123 Å². The molecular weight excluding hydrogens is 499 g/mol. The van der Waals surface area contributed by atoms with Gasteiger partial charge in [0.2, 0.25) is 0 Å². The van der Waals surface area contributed by atoms with Crippen molar-refractivity contribution in [2.45, 2.75) is 51.2 Å². The average molecular weight is 525 g/mol. The number of carboxylic acids is 1. The standard InChI is InChI=1S/C24H26Cl2N2O7/c1-13(2)27-22(29)20-21(35-12-34-20)23(30)28-19(24(31)32)10-14-6-8-15(9-7-14)33-11-16-17(25)4-3-5-18(16)26/h3-9,13,19-21H,10-12H2,1-2H3,(H,27,29)(H,28,30)(H,31,32)/t19?,20-,21-/m1/s1. The second kappa shape index (κ2) is 12.2. The van der Waals surface area contributed by atoms with Gasteiger partial charge in [0.05, 0.1) is 0 Å². The summed E-state index contributed by atoms with van der Waals surface area (Å²) < 4.78 is 16.2. The van der Waals surface area contributed by atoms with E-state index in [1.807, 2.05) is 0 Å². The number of ether oxygens (including phenoxy) is 3. The predicted octanol–water partition coefficient (Wildman–Crippen LogP) is 2.95. The highest BCUT2D eigenvalue weighted by atomic mass is 35.5. The summed E-state index contributed by atoms with van der Waals surface area (Å²) in [4.78, 5) is 36.7. The number of halogens is 2. The Labute approximate surface area is 212 Å². The minimum Gasteiger partial charge on any atom is -0.489 e. The van der Waals surface area contributed by atoms with E-state index in [0.717, 1.165) is 0 Å². The quantitative estimate of drug-likeness (QED) is 0.436. The lowest BCUT2D eigenvalue weighted by Gasteiger charge is -2.20. The van der Waals surface area contributed by atoms with Crippen molar-refractivity contribution in [2.24, 2.45) is 0 Å². The van der Waals surface area contributed by atoms with E-state index in [1.54, 1.807) is 56.3 Å². The van der Waals surface area contributed by atoms with Crippen molar-refractivity contribution in [1.29, 1.82) is 0 Å². The van der Waals surface area contributed by atoms with Crippen LogP contribution in [0.4, 0.5) is 0 Å². The molecule has 1 aliphatic rings.